The van der Waals surface area contributed by atoms with Crippen molar-refractivity contribution in [2.45, 2.75) is 0 Å². The van der Waals surface area contributed by atoms with Gasteiger partial charge in [0, 0.05) is 6.07 Å². The van der Waals surface area contributed by atoms with Crippen LogP contribution in [0.2, 0.25) is 0 Å². The Balaban J connectivity index is 2.17. The molecule has 0 unspecified atom stereocenters. The highest BCUT2D eigenvalue weighted by Crippen LogP contribution is 2.32. The second-order valence-corrected chi connectivity index (χ2v) is 4.95. The largest absolute Gasteiger partial charge is 0.465 e. The van der Waals surface area contributed by atoms with Gasteiger partial charge in [-0.25, -0.2) is 4.79 Å². The molecule has 0 bridgehead atoms. The van der Waals surface area contributed by atoms with E-state index in [-0.39, 0.29) is 0 Å². The van der Waals surface area contributed by atoms with Crippen LogP contribution in [0.3, 0.4) is 0 Å². The third-order valence-electron chi connectivity index (χ3n) is 2.81. The van der Waals surface area contributed by atoms with Gasteiger partial charge >= 0.3 is 5.97 Å². The van der Waals surface area contributed by atoms with Gasteiger partial charge < -0.3 is 14.9 Å². The van der Waals surface area contributed by atoms with Gasteiger partial charge in [-0.05, 0) is 18.2 Å². The molecule has 3 rings (SSSR count). The average molecular weight is 275 g/mol. The average Bonchev–Trinajstić information content (AvgIpc) is 3.06. The second-order valence-electron chi connectivity index (χ2n) is 3.93. The number of carbonyl (C=O) groups is 1. The van der Waals surface area contributed by atoms with Gasteiger partial charge in [0.1, 0.15) is 4.88 Å². The number of aromatic amines is 1. The van der Waals surface area contributed by atoms with Crippen LogP contribution in [0.5, 0.6) is 0 Å². The van der Waals surface area contributed by atoms with Gasteiger partial charge in [0.15, 0.2) is 5.76 Å². The summed E-state index contributed by atoms with van der Waals surface area (Å²) >= 11 is 1.27. The quantitative estimate of drug-likeness (QED) is 0.728. The van der Waals surface area contributed by atoms with Crippen LogP contribution in [0.4, 0.5) is 5.69 Å². The SMILES string of the molecule is COC(=O)c1sc2[nH+]c(-c3ccco3)ccc2c1N. The lowest BCUT2D eigenvalue weighted by atomic mass is 10.2. The zero-order valence-corrected chi connectivity index (χ0v) is 10.9. The Kier molecular flexibility index (Phi) is 2.72. The topological polar surface area (TPSA) is 79.6 Å². The number of pyridine rings is 1. The Hall–Kier alpha value is -2.34. The molecule has 5 nitrogen and oxygen atoms in total. The maximum absolute atomic E-state index is 11.6. The molecule has 3 N–H and O–H groups in total. The number of aromatic nitrogens is 1. The first-order chi connectivity index (χ1) is 9.20. The van der Waals surface area contributed by atoms with Crippen LogP contribution in [-0.4, -0.2) is 13.1 Å². The van der Waals surface area contributed by atoms with Gasteiger partial charge in [-0.3, -0.25) is 0 Å². The van der Waals surface area contributed by atoms with Crippen molar-refractivity contribution >= 4 is 33.2 Å². The minimum atomic E-state index is -0.424. The molecule has 0 saturated heterocycles. The highest BCUT2D eigenvalue weighted by Gasteiger charge is 2.22. The molecule has 3 aromatic heterocycles. The highest BCUT2D eigenvalue weighted by atomic mass is 32.1. The Morgan fingerprint density at radius 1 is 1.42 bits per heavy atom. The lowest BCUT2D eigenvalue weighted by molar-refractivity contribution is -0.329. The molecule has 96 valence electrons. The number of thiophene rings is 1. The van der Waals surface area contributed by atoms with E-state index in [1.807, 2.05) is 24.3 Å². The predicted octanol–water partition coefficient (Wildman–Crippen LogP) is 2.34. The molecule has 6 heteroatoms. The number of nitrogens with one attached hydrogen (secondary N) is 1. The van der Waals surface area contributed by atoms with E-state index in [0.717, 1.165) is 21.7 Å². The molecule has 0 saturated carbocycles. The van der Waals surface area contributed by atoms with E-state index in [4.69, 9.17) is 14.9 Å². The van der Waals surface area contributed by atoms with E-state index in [1.165, 1.54) is 18.4 Å². The number of nitrogen functional groups attached to an aromatic ring is 1. The van der Waals surface area contributed by atoms with Crippen molar-refractivity contribution in [3.8, 4) is 11.5 Å². The summed E-state index contributed by atoms with van der Waals surface area (Å²) in [6.45, 7) is 0. The Morgan fingerprint density at radius 2 is 2.26 bits per heavy atom. The summed E-state index contributed by atoms with van der Waals surface area (Å²) in [6.07, 6.45) is 1.61. The number of methoxy groups -OCH3 is 1. The van der Waals surface area contributed by atoms with E-state index in [0.29, 0.717) is 10.6 Å². The number of furan rings is 1. The van der Waals surface area contributed by atoms with Crippen LogP contribution in [0.15, 0.2) is 34.9 Å². The maximum atomic E-state index is 11.6. The molecule has 0 fully saturated rings. The van der Waals surface area contributed by atoms with Crippen molar-refractivity contribution in [3.63, 3.8) is 0 Å². The lowest BCUT2D eigenvalue weighted by Gasteiger charge is -1.94. The number of rotatable bonds is 2. The zero-order chi connectivity index (χ0) is 13.4. The number of carbonyl (C=O) groups excluding carboxylic acids is 1. The fourth-order valence-corrected chi connectivity index (χ4v) is 2.91. The molecule has 3 heterocycles. The normalized spacial score (nSPS) is 10.8. The zero-order valence-electron chi connectivity index (χ0n) is 10.1. The standard InChI is InChI=1S/C13H10N2O3S/c1-17-13(16)11-10(14)7-4-5-8(15-12(7)19-11)9-3-2-6-18-9/h2-6H,14H2,1H3/p+1. The van der Waals surface area contributed by atoms with Crippen molar-refractivity contribution in [1.29, 1.82) is 0 Å². The minimum Gasteiger partial charge on any atom is -0.465 e. The van der Waals surface area contributed by atoms with Crippen LogP contribution in [0.25, 0.3) is 21.7 Å². The van der Waals surface area contributed by atoms with Crippen molar-refractivity contribution < 1.29 is 18.9 Å². The Morgan fingerprint density at radius 3 is 2.95 bits per heavy atom. The highest BCUT2D eigenvalue weighted by molar-refractivity contribution is 7.20. The number of hydrogen-bond acceptors (Lipinski definition) is 5. The van der Waals surface area contributed by atoms with Gasteiger partial charge in [0.25, 0.3) is 4.83 Å². The van der Waals surface area contributed by atoms with Gasteiger partial charge in [-0.2, -0.15) is 4.98 Å². The number of fused-ring (bicyclic) bond motifs is 1. The van der Waals surface area contributed by atoms with E-state index in [9.17, 15) is 4.79 Å². The molecule has 0 aliphatic rings. The first kappa shape index (κ1) is 11.7. The van der Waals surface area contributed by atoms with Crippen LogP contribution in [-0.2, 0) is 4.74 Å². The second kappa shape index (κ2) is 4.40. The van der Waals surface area contributed by atoms with Gasteiger partial charge in [0.2, 0.25) is 5.69 Å². The van der Waals surface area contributed by atoms with Crippen LogP contribution >= 0.6 is 11.3 Å². The summed E-state index contributed by atoms with van der Waals surface area (Å²) in [4.78, 5) is 16.0. The number of hydrogen-bond donors (Lipinski definition) is 1. The monoisotopic (exact) mass is 275 g/mol. The number of H-pyrrole nitrogens is 1. The van der Waals surface area contributed by atoms with Crippen molar-refractivity contribution in [1.82, 2.24) is 0 Å². The van der Waals surface area contributed by atoms with E-state index >= 15 is 0 Å². The molecule has 0 aliphatic heterocycles. The molecular formula is C13H11N2O3S+. The van der Waals surface area contributed by atoms with E-state index < -0.39 is 5.97 Å². The van der Waals surface area contributed by atoms with Gasteiger partial charge in [-0.15, -0.1) is 0 Å². The smallest absolute Gasteiger partial charge is 0.350 e. The maximum Gasteiger partial charge on any atom is 0.350 e. The summed E-state index contributed by atoms with van der Waals surface area (Å²) in [5.74, 6) is 0.306. The first-order valence-electron chi connectivity index (χ1n) is 5.57. The molecule has 0 atom stereocenters. The molecule has 3 aromatic rings. The summed E-state index contributed by atoms with van der Waals surface area (Å²) < 4.78 is 10.0. The fourth-order valence-electron chi connectivity index (χ4n) is 1.87. The third-order valence-corrected chi connectivity index (χ3v) is 3.92. The number of nitrogens with two attached hydrogens (primary N) is 1. The summed E-state index contributed by atoms with van der Waals surface area (Å²) in [7, 11) is 1.34. The Bertz CT molecular complexity index is 747. The van der Waals surface area contributed by atoms with Gasteiger partial charge in [-0.1, -0.05) is 11.3 Å². The van der Waals surface area contributed by atoms with E-state index in [1.54, 1.807) is 6.26 Å². The van der Waals surface area contributed by atoms with Crippen LogP contribution < -0.4 is 10.7 Å². The summed E-state index contributed by atoms with van der Waals surface area (Å²) in [5.41, 5.74) is 7.22. The third kappa shape index (κ3) is 1.86. The van der Waals surface area contributed by atoms with Crippen molar-refractivity contribution in [3.05, 3.63) is 35.4 Å². The number of anilines is 1. The van der Waals surface area contributed by atoms with Crippen LogP contribution in [0.1, 0.15) is 9.67 Å². The van der Waals surface area contributed by atoms with Crippen LogP contribution in [0, 0.1) is 0 Å². The minimum absolute atomic E-state index is 0.408. The molecule has 0 aromatic carbocycles. The van der Waals surface area contributed by atoms with Crippen molar-refractivity contribution in [2.24, 2.45) is 0 Å². The lowest BCUT2D eigenvalue weighted by Crippen LogP contribution is -2.05. The van der Waals surface area contributed by atoms with Gasteiger partial charge in [0.05, 0.1) is 24.4 Å². The molecule has 0 aliphatic carbocycles. The molecule has 0 radical (unpaired) electrons. The first-order valence-corrected chi connectivity index (χ1v) is 6.39. The summed E-state index contributed by atoms with van der Waals surface area (Å²) in [5, 5.41) is 0.806. The summed E-state index contributed by atoms with van der Waals surface area (Å²) in [6, 6.07) is 7.40. The number of ether oxygens (including phenoxy) is 1. The fraction of sp³-hybridized carbons (Fsp3) is 0.0769. The molecular weight excluding hydrogens is 264 g/mol. The molecule has 0 spiro atoms. The molecule has 0 amide bonds. The Labute approximate surface area is 112 Å². The van der Waals surface area contributed by atoms with Crippen molar-refractivity contribution in [2.75, 3.05) is 12.8 Å². The molecule has 19 heavy (non-hydrogen) atoms. The predicted molar refractivity (Wildman–Crippen MR) is 71.8 cm³/mol. The number of esters is 1. The van der Waals surface area contributed by atoms with E-state index in [2.05, 4.69) is 4.98 Å².